The Balaban J connectivity index is 2.23. The molecule has 0 N–H and O–H groups in total. The van der Waals surface area contributed by atoms with Gasteiger partial charge in [-0.25, -0.2) is 9.38 Å². The van der Waals surface area contributed by atoms with Crippen LogP contribution < -0.4 is 0 Å². The van der Waals surface area contributed by atoms with Gasteiger partial charge in [0.1, 0.15) is 15.9 Å². The summed E-state index contributed by atoms with van der Waals surface area (Å²) < 4.78 is 14.1. The number of halogens is 1. The number of rotatable bonds is 3. The zero-order valence-electron chi connectivity index (χ0n) is 9.43. The third kappa shape index (κ3) is 3.11. The van der Waals surface area contributed by atoms with E-state index in [9.17, 15) is 9.18 Å². The van der Waals surface area contributed by atoms with Crippen LogP contribution in [0.1, 0.15) is 5.56 Å². The van der Waals surface area contributed by atoms with Crippen LogP contribution in [0.25, 0.3) is 6.08 Å². The predicted octanol–water partition coefficient (Wildman–Crippen LogP) is 3.72. The van der Waals surface area contributed by atoms with E-state index in [1.165, 1.54) is 23.9 Å². The van der Waals surface area contributed by atoms with Gasteiger partial charge in [-0.3, -0.25) is 4.79 Å². The maximum Gasteiger partial charge on any atom is 0.244 e. The van der Waals surface area contributed by atoms with E-state index in [0.717, 1.165) is 11.8 Å². The monoisotopic (exact) mass is 279 g/mol. The van der Waals surface area contributed by atoms with Crippen molar-refractivity contribution in [3.8, 4) is 0 Å². The minimum atomic E-state index is -0.356. The maximum atomic E-state index is 13.4. The Labute approximate surface area is 113 Å². The smallest absolute Gasteiger partial charge is 0.244 e. The van der Waals surface area contributed by atoms with E-state index in [4.69, 9.17) is 0 Å². The molecule has 0 amide bonds. The molecule has 2 rings (SSSR count). The van der Waals surface area contributed by atoms with Gasteiger partial charge in [-0.1, -0.05) is 36.0 Å². The lowest BCUT2D eigenvalue weighted by Gasteiger charge is -1.95. The molecule has 0 radical (unpaired) electrons. The zero-order chi connectivity index (χ0) is 13.0. The van der Waals surface area contributed by atoms with E-state index >= 15 is 0 Å². The maximum absolute atomic E-state index is 13.4. The van der Waals surface area contributed by atoms with Crippen molar-refractivity contribution < 1.29 is 9.18 Å². The molecular weight excluding hydrogens is 269 g/mol. The van der Waals surface area contributed by atoms with Crippen LogP contribution in [0.4, 0.5) is 4.39 Å². The molecule has 0 saturated carbocycles. The second-order valence-corrected chi connectivity index (χ2v) is 5.65. The van der Waals surface area contributed by atoms with Crippen LogP contribution in [0.3, 0.4) is 0 Å². The number of benzene rings is 1. The number of aliphatic imine (C=N–C) groups is 1. The van der Waals surface area contributed by atoms with E-state index in [2.05, 4.69) is 11.6 Å². The molecule has 0 saturated heterocycles. The molecule has 0 aromatic heterocycles. The Morgan fingerprint density at radius 2 is 2.22 bits per heavy atom. The number of hydrogen-bond acceptors (Lipinski definition) is 4. The fraction of sp³-hybridized carbons (Fsp3) is 0.0769. The quantitative estimate of drug-likeness (QED) is 0.624. The van der Waals surface area contributed by atoms with Gasteiger partial charge in [-0.15, -0.1) is 6.58 Å². The van der Waals surface area contributed by atoms with Crippen molar-refractivity contribution >= 4 is 39.1 Å². The lowest BCUT2D eigenvalue weighted by molar-refractivity contribution is -0.107. The highest BCUT2D eigenvalue weighted by molar-refractivity contribution is 8.45. The molecule has 92 valence electrons. The minimum absolute atomic E-state index is 0.148. The Kier molecular flexibility index (Phi) is 4.38. The third-order valence-electron chi connectivity index (χ3n) is 2.12. The van der Waals surface area contributed by atoms with Gasteiger partial charge in [-0.2, -0.15) is 0 Å². The van der Waals surface area contributed by atoms with Crippen LogP contribution in [0.5, 0.6) is 0 Å². The number of hydrogen-bond donors (Lipinski definition) is 0. The molecule has 0 spiro atoms. The van der Waals surface area contributed by atoms with Gasteiger partial charge in [0.25, 0.3) is 0 Å². The molecule has 1 aliphatic heterocycles. The zero-order valence-corrected chi connectivity index (χ0v) is 11.1. The third-order valence-corrected chi connectivity index (χ3v) is 4.13. The van der Waals surface area contributed by atoms with E-state index in [0.29, 0.717) is 15.7 Å². The molecule has 0 bridgehead atoms. The Hall–Kier alpha value is -1.33. The highest BCUT2D eigenvalue weighted by atomic mass is 32.2. The van der Waals surface area contributed by atoms with Crippen molar-refractivity contribution in [1.29, 1.82) is 0 Å². The van der Waals surface area contributed by atoms with Crippen LogP contribution in [-0.4, -0.2) is 15.2 Å². The second-order valence-electron chi connectivity index (χ2n) is 3.42. The molecule has 1 aromatic carbocycles. The molecule has 0 fully saturated rings. The van der Waals surface area contributed by atoms with Crippen molar-refractivity contribution in [2.24, 2.45) is 4.99 Å². The summed E-state index contributed by atoms with van der Waals surface area (Å²) >= 11 is 2.52. The SMILES string of the molecule is C=CCSC1=N/C(=C/c2ccccc2F)C(=O)S1. The van der Waals surface area contributed by atoms with Crippen LogP contribution in [0, 0.1) is 5.82 Å². The molecule has 0 atom stereocenters. The van der Waals surface area contributed by atoms with E-state index < -0.39 is 0 Å². The molecule has 2 nitrogen and oxygen atoms in total. The number of nitrogens with zero attached hydrogens (tertiary/aromatic N) is 1. The molecule has 0 aliphatic carbocycles. The summed E-state index contributed by atoms with van der Waals surface area (Å²) in [4.78, 5) is 15.9. The highest BCUT2D eigenvalue weighted by Gasteiger charge is 2.22. The van der Waals surface area contributed by atoms with Crippen LogP contribution in [0.2, 0.25) is 0 Å². The van der Waals surface area contributed by atoms with E-state index in [1.807, 2.05) is 0 Å². The summed E-state index contributed by atoms with van der Waals surface area (Å²) in [5.41, 5.74) is 0.664. The van der Waals surface area contributed by atoms with Gasteiger partial charge in [0.2, 0.25) is 5.12 Å². The van der Waals surface area contributed by atoms with Gasteiger partial charge in [-0.05, 0) is 23.9 Å². The first-order valence-electron chi connectivity index (χ1n) is 5.21. The summed E-state index contributed by atoms with van der Waals surface area (Å²) in [5.74, 6) is 0.344. The number of carbonyl (C=O) groups is 1. The average molecular weight is 279 g/mol. The van der Waals surface area contributed by atoms with Crippen molar-refractivity contribution in [3.63, 3.8) is 0 Å². The largest absolute Gasteiger partial charge is 0.279 e. The van der Waals surface area contributed by atoms with Gasteiger partial charge in [0.15, 0.2) is 0 Å². The van der Waals surface area contributed by atoms with Crippen LogP contribution in [-0.2, 0) is 4.79 Å². The van der Waals surface area contributed by atoms with Crippen molar-refractivity contribution in [2.45, 2.75) is 0 Å². The first kappa shape index (κ1) is 13.1. The summed E-state index contributed by atoms with van der Waals surface area (Å²) in [6, 6.07) is 6.30. The first-order valence-corrected chi connectivity index (χ1v) is 7.01. The molecule has 1 heterocycles. The fourth-order valence-corrected chi connectivity index (χ4v) is 2.92. The highest BCUT2D eigenvalue weighted by Crippen LogP contribution is 2.31. The normalized spacial score (nSPS) is 17.1. The van der Waals surface area contributed by atoms with E-state index in [1.54, 1.807) is 24.3 Å². The average Bonchev–Trinajstić information content (AvgIpc) is 2.70. The Bertz CT molecular complexity index is 552. The molecule has 1 aliphatic rings. The standard InChI is InChI=1S/C13H10FNOS2/c1-2-7-17-13-15-11(12(16)18-13)8-9-5-3-4-6-10(9)14/h2-6,8H,1,7H2/b11-8+. The lowest BCUT2D eigenvalue weighted by atomic mass is 10.2. The number of carbonyl (C=O) groups excluding carboxylic acids is 1. The van der Waals surface area contributed by atoms with Gasteiger partial charge < -0.3 is 0 Å². The summed E-state index contributed by atoms with van der Waals surface area (Å²) in [5, 5.41) is -0.148. The van der Waals surface area contributed by atoms with Gasteiger partial charge in [0, 0.05) is 11.3 Å². The van der Waals surface area contributed by atoms with Crippen molar-refractivity contribution in [2.75, 3.05) is 5.75 Å². The molecule has 18 heavy (non-hydrogen) atoms. The minimum Gasteiger partial charge on any atom is -0.279 e. The Morgan fingerprint density at radius 1 is 1.44 bits per heavy atom. The van der Waals surface area contributed by atoms with Crippen LogP contribution >= 0.6 is 23.5 Å². The number of thioether (sulfide) groups is 2. The summed E-state index contributed by atoms with van der Waals surface area (Å²) in [7, 11) is 0. The molecule has 0 unspecified atom stereocenters. The lowest BCUT2D eigenvalue weighted by Crippen LogP contribution is -1.89. The second kappa shape index (κ2) is 6.02. The first-order chi connectivity index (χ1) is 8.70. The molecule has 5 heteroatoms. The fourth-order valence-electron chi connectivity index (χ4n) is 1.32. The van der Waals surface area contributed by atoms with E-state index in [-0.39, 0.29) is 16.6 Å². The van der Waals surface area contributed by atoms with Gasteiger partial charge >= 0.3 is 0 Å². The summed E-state index contributed by atoms with van der Waals surface area (Å²) in [6.07, 6.45) is 3.23. The van der Waals surface area contributed by atoms with Gasteiger partial charge in [0.05, 0.1) is 0 Å². The van der Waals surface area contributed by atoms with Crippen molar-refractivity contribution in [1.82, 2.24) is 0 Å². The van der Waals surface area contributed by atoms with Crippen molar-refractivity contribution in [3.05, 3.63) is 54.0 Å². The topological polar surface area (TPSA) is 29.4 Å². The predicted molar refractivity (Wildman–Crippen MR) is 77.1 cm³/mol. The Morgan fingerprint density at radius 3 is 2.94 bits per heavy atom. The summed E-state index contributed by atoms with van der Waals surface area (Å²) in [6.45, 7) is 3.60. The van der Waals surface area contributed by atoms with Crippen LogP contribution in [0.15, 0.2) is 47.6 Å². The molecular formula is C13H10FNOS2. The molecule has 1 aromatic rings.